The van der Waals surface area contributed by atoms with Crippen LogP contribution in [0.2, 0.25) is 0 Å². The minimum absolute atomic E-state index is 0.0401. The van der Waals surface area contributed by atoms with Crippen molar-refractivity contribution in [2.24, 2.45) is 0 Å². The number of unbranched alkanes of at least 4 members (excludes halogenated alkanes) is 2. The summed E-state index contributed by atoms with van der Waals surface area (Å²) in [4.78, 5) is 13.2. The zero-order valence-corrected chi connectivity index (χ0v) is 17.1. The second kappa shape index (κ2) is 9.48. The molecule has 0 radical (unpaired) electrons. The molecular formula is C21H30N6O. The zero-order chi connectivity index (χ0) is 19.9. The molecule has 0 aromatic carbocycles. The molecule has 150 valence electrons. The Morgan fingerprint density at radius 2 is 1.96 bits per heavy atom. The summed E-state index contributed by atoms with van der Waals surface area (Å²) in [5.41, 5.74) is 9.80. The van der Waals surface area contributed by atoms with Gasteiger partial charge in [0.15, 0.2) is 11.5 Å². The SMILES string of the molecule is CCCCCc1ccc(Cc2cnc3c(N)nc(OC(C)CCC)nn23)cn1. The van der Waals surface area contributed by atoms with Gasteiger partial charge in [0.1, 0.15) is 0 Å². The number of imidazole rings is 1. The van der Waals surface area contributed by atoms with Crippen LogP contribution < -0.4 is 10.5 Å². The smallest absolute Gasteiger partial charge is 0.336 e. The van der Waals surface area contributed by atoms with E-state index in [-0.39, 0.29) is 12.1 Å². The molecule has 0 saturated heterocycles. The molecular weight excluding hydrogens is 352 g/mol. The third-order valence-corrected chi connectivity index (χ3v) is 4.75. The third kappa shape index (κ3) is 4.97. The largest absolute Gasteiger partial charge is 0.459 e. The average molecular weight is 383 g/mol. The van der Waals surface area contributed by atoms with Gasteiger partial charge < -0.3 is 10.5 Å². The maximum atomic E-state index is 6.06. The molecule has 0 aliphatic heterocycles. The van der Waals surface area contributed by atoms with Crippen LogP contribution in [-0.4, -0.2) is 30.7 Å². The van der Waals surface area contributed by atoms with Gasteiger partial charge in [0, 0.05) is 18.3 Å². The molecule has 7 heteroatoms. The van der Waals surface area contributed by atoms with Gasteiger partial charge in [-0.15, -0.1) is 5.10 Å². The highest BCUT2D eigenvalue weighted by atomic mass is 16.5. The van der Waals surface area contributed by atoms with Gasteiger partial charge in [0.25, 0.3) is 0 Å². The minimum atomic E-state index is 0.0401. The van der Waals surface area contributed by atoms with Crippen molar-refractivity contribution < 1.29 is 4.74 Å². The Kier molecular flexibility index (Phi) is 6.79. The fraction of sp³-hybridized carbons (Fsp3) is 0.524. The quantitative estimate of drug-likeness (QED) is 0.533. The summed E-state index contributed by atoms with van der Waals surface area (Å²) in [6.07, 6.45) is 11.1. The molecule has 0 fully saturated rings. The monoisotopic (exact) mass is 382 g/mol. The Hall–Kier alpha value is -2.70. The maximum absolute atomic E-state index is 6.06. The van der Waals surface area contributed by atoms with Crippen LogP contribution in [0.3, 0.4) is 0 Å². The lowest BCUT2D eigenvalue weighted by Crippen LogP contribution is -2.15. The van der Waals surface area contributed by atoms with Gasteiger partial charge in [0.2, 0.25) is 0 Å². The van der Waals surface area contributed by atoms with Crippen LogP contribution in [0.25, 0.3) is 5.65 Å². The lowest BCUT2D eigenvalue weighted by atomic mass is 10.1. The van der Waals surface area contributed by atoms with Gasteiger partial charge >= 0.3 is 6.01 Å². The molecule has 3 rings (SSSR count). The van der Waals surface area contributed by atoms with Gasteiger partial charge in [-0.05, 0) is 37.8 Å². The molecule has 1 unspecified atom stereocenters. The van der Waals surface area contributed by atoms with E-state index >= 15 is 0 Å². The molecule has 3 heterocycles. The van der Waals surface area contributed by atoms with Crippen LogP contribution in [0.5, 0.6) is 6.01 Å². The highest BCUT2D eigenvalue weighted by molar-refractivity contribution is 5.59. The first-order valence-corrected chi connectivity index (χ1v) is 10.2. The number of ether oxygens (including phenoxy) is 1. The predicted molar refractivity (Wildman–Crippen MR) is 110 cm³/mol. The summed E-state index contributed by atoms with van der Waals surface area (Å²) in [6, 6.07) is 4.52. The lowest BCUT2D eigenvalue weighted by molar-refractivity contribution is 0.189. The van der Waals surface area contributed by atoms with E-state index < -0.39 is 0 Å². The van der Waals surface area contributed by atoms with Crippen molar-refractivity contribution >= 4 is 11.5 Å². The molecule has 3 aromatic rings. The molecule has 0 saturated carbocycles. The van der Waals surface area contributed by atoms with E-state index in [4.69, 9.17) is 10.5 Å². The molecule has 0 aliphatic rings. The van der Waals surface area contributed by atoms with Crippen LogP contribution in [0.1, 0.15) is 69.8 Å². The first-order chi connectivity index (χ1) is 13.6. The summed E-state index contributed by atoms with van der Waals surface area (Å²) in [5.74, 6) is 0.323. The summed E-state index contributed by atoms with van der Waals surface area (Å²) < 4.78 is 7.55. The van der Waals surface area contributed by atoms with E-state index in [1.54, 1.807) is 10.7 Å². The van der Waals surface area contributed by atoms with Crippen molar-refractivity contribution in [3.63, 3.8) is 0 Å². The van der Waals surface area contributed by atoms with Crippen LogP contribution in [0, 0.1) is 0 Å². The second-order valence-corrected chi connectivity index (χ2v) is 7.27. The lowest BCUT2D eigenvalue weighted by Gasteiger charge is -2.12. The minimum Gasteiger partial charge on any atom is -0.459 e. The third-order valence-electron chi connectivity index (χ3n) is 4.75. The summed E-state index contributed by atoms with van der Waals surface area (Å²) >= 11 is 0. The molecule has 3 aromatic heterocycles. The molecule has 1 atom stereocenters. The Bertz CT molecular complexity index is 890. The molecule has 0 aliphatic carbocycles. The van der Waals surface area contributed by atoms with Gasteiger partial charge in [-0.3, -0.25) is 4.98 Å². The fourth-order valence-corrected chi connectivity index (χ4v) is 3.22. The fourth-order valence-electron chi connectivity index (χ4n) is 3.22. The van der Waals surface area contributed by atoms with Crippen LogP contribution in [0.15, 0.2) is 24.5 Å². The summed E-state index contributed by atoms with van der Waals surface area (Å²) in [6.45, 7) is 6.34. The number of aromatic nitrogens is 5. The number of nitrogens with two attached hydrogens (primary N) is 1. The van der Waals surface area contributed by atoms with Crippen LogP contribution >= 0.6 is 0 Å². The number of nitrogens with zero attached hydrogens (tertiary/aromatic N) is 5. The molecule has 0 amide bonds. The van der Waals surface area contributed by atoms with Crippen molar-refractivity contribution in [1.82, 2.24) is 24.6 Å². The number of pyridine rings is 1. The van der Waals surface area contributed by atoms with E-state index in [9.17, 15) is 0 Å². The second-order valence-electron chi connectivity index (χ2n) is 7.27. The van der Waals surface area contributed by atoms with Gasteiger partial charge in [-0.1, -0.05) is 39.2 Å². The Morgan fingerprint density at radius 3 is 2.68 bits per heavy atom. The van der Waals surface area contributed by atoms with Gasteiger partial charge in [0.05, 0.1) is 18.0 Å². The predicted octanol–water partition coefficient (Wildman–Crippen LogP) is 3.99. The first-order valence-electron chi connectivity index (χ1n) is 10.2. The normalized spacial score (nSPS) is 12.4. The van der Waals surface area contributed by atoms with Crippen molar-refractivity contribution in [3.05, 3.63) is 41.5 Å². The van der Waals surface area contributed by atoms with Gasteiger partial charge in [-0.25, -0.2) is 9.50 Å². The number of anilines is 1. The zero-order valence-electron chi connectivity index (χ0n) is 17.1. The molecule has 7 nitrogen and oxygen atoms in total. The van der Waals surface area contributed by atoms with Gasteiger partial charge in [-0.2, -0.15) is 4.98 Å². The first kappa shape index (κ1) is 20.0. The van der Waals surface area contributed by atoms with E-state index in [0.29, 0.717) is 17.9 Å². The maximum Gasteiger partial charge on any atom is 0.336 e. The average Bonchev–Trinajstić information content (AvgIpc) is 3.07. The number of hydrogen-bond donors (Lipinski definition) is 1. The topological polar surface area (TPSA) is 91.2 Å². The molecule has 0 bridgehead atoms. The van der Waals surface area contributed by atoms with Crippen LogP contribution in [0.4, 0.5) is 5.82 Å². The number of fused-ring (bicyclic) bond motifs is 1. The standard InChI is InChI=1S/C21H30N6O/c1-4-6-7-9-17-11-10-16(13-23-17)12-18-14-24-20-19(22)25-21(26-27(18)20)28-15(3)8-5-2/h10-11,13-15H,4-9,12H2,1-3H3,(H2,22,25,26). The van der Waals surface area contributed by atoms with Crippen molar-refractivity contribution in [2.75, 3.05) is 5.73 Å². The molecule has 2 N–H and O–H groups in total. The molecule has 0 spiro atoms. The number of hydrogen-bond acceptors (Lipinski definition) is 6. The Labute approximate surface area is 166 Å². The Morgan fingerprint density at radius 1 is 1.11 bits per heavy atom. The van der Waals surface area contributed by atoms with E-state index in [2.05, 4.69) is 46.0 Å². The van der Waals surface area contributed by atoms with Crippen molar-refractivity contribution in [3.8, 4) is 6.01 Å². The van der Waals surface area contributed by atoms with Crippen molar-refractivity contribution in [2.45, 2.75) is 71.8 Å². The van der Waals surface area contributed by atoms with Crippen molar-refractivity contribution in [1.29, 1.82) is 0 Å². The highest BCUT2D eigenvalue weighted by Gasteiger charge is 2.14. The van der Waals surface area contributed by atoms with Crippen LogP contribution in [-0.2, 0) is 12.8 Å². The number of nitrogen functional groups attached to an aromatic ring is 1. The summed E-state index contributed by atoms with van der Waals surface area (Å²) in [7, 11) is 0. The van der Waals surface area contributed by atoms with E-state index in [1.165, 1.54) is 19.3 Å². The summed E-state index contributed by atoms with van der Waals surface area (Å²) in [5, 5.41) is 4.50. The number of aryl methyl sites for hydroxylation is 1. The molecule has 28 heavy (non-hydrogen) atoms. The highest BCUT2D eigenvalue weighted by Crippen LogP contribution is 2.18. The van der Waals surface area contributed by atoms with E-state index in [0.717, 1.165) is 36.2 Å². The Balaban J connectivity index is 1.76. The van der Waals surface area contributed by atoms with E-state index in [1.807, 2.05) is 13.1 Å². The number of rotatable bonds is 10.